The Hall–Kier alpha value is -4.18. The second-order valence-corrected chi connectivity index (χ2v) is 11.3. The number of hydrazone groups is 1. The highest BCUT2D eigenvalue weighted by atomic mass is 32.1. The van der Waals surface area contributed by atoms with Crippen molar-refractivity contribution < 1.29 is 28.6 Å². The predicted molar refractivity (Wildman–Crippen MR) is 164 cm³/mol. The Kier molecular flexibility index (Phi) is 10.7. The number of anilines is 1. The summed E-state index contributed by atoms with van der Waals surface area (Å²) in [6.45, 7) is 8.54. The van der Waals surface area contributed by atoms with E-state index in [0.717, 1.165) is 47.4 Å². The van der Waals surface area contributed by atoms with Gasteiger partial charge in [-0.05, 0) is 105 Å². The molecule has 42 heavy (non-hydrogen) atoms. The van der Waals surface area contributed by atoms with Crippen LogP contribution in [0.3, 0.4) is 0 Å². The van der Waals surface area contributed by atoms with Crippen LogP contribution < -0.4 is 20.2 Å². The summed E-state index contributed by atoms with van der Waals surface area (Å²) in [6, 6.07) is 13.9. The average Bonchev–Trinajstić information content (AvgIpc) is 3.33. The van der Waals surface area contributed by atoms with E-state index in [1.165, 1.54) is 11.3 Å². The van der Waals surface area contributed by atoms with Gasteiger partial charge in [-0.25, -0.2) is 10.2 Å². The van der Waals surface area contributed by atoms with Crippen molar-refractivity contribution in [2.75, 3.05) is 18.5 Å². The van der Waals surface area contributed by atoms with Crippen LogP contribution in [0.1, 0.15) is 77.3 Å². The molecule has 3 aromatic rings. The van der Waals surface area contributed by atoms with Crippen molar-refractivity contribution in [1.82, 2.24) is 5.43 Å². The largest absolute Gasteiger partial charge is 0.494 e. The molecule has 1 heterocycles. The van der Waals surface area contributed by atoms with Gasteiger partial charge in [0.15, 0.2) is 6.10 Å². The molecule has 0 bridgehead atoms. The Morgan fingerprint density at radius 3 is 2.48 bits per heavy atom. The van der Waals surface area contributed by atoms with E-state index in [2.05, 4.69) is 22.8 Å². The second-order valence-electron chi connectivity index (χ2n) is 10.2. The van der Waals surface area contributed by atoms with Crippen molar-refractivity contribution in [3.8, 4) is 11.5 Å². The lowest BCUT2D eigenvalue weighted by Crippen LogP contribution is -2.33. The van der Waals surface area contributed by atoms with Crippen molar-refractivity contribution >= 4 is 40.3 Å². The fourth-order valence-corrected chi connectivity index (χ4v) is 5.90. The standard InChI is InChI=1S/C32H37N3O6S/c1-5-17-40-24-12-8-22(9-13-24)19-33-35-29(36)21(4)41-25-14-10-23(11-15-25)30(37)34-31-28(32(38)39-6-2)26-16-7-20(3)18-27(26)42-31/h8-15,19-21H,5-7,16-18H2,1-4H3,(H,34,37)(H,35,36)/b33-19+. The summed E-state index contributed by atoms with van der Waals surface area (Å²) >= 11 is 1.45. The molecule has 10 heteroatoms. The number of nitrogens with one attached hydrogen (secondary N) is 2. The van der Waals surface area contributed by atoms with E-state index in [-0.39, 0.29) is 12.5 Å². The molecular weight excluding hydrogens is 554 g/mol. The van der Waals surface area contributed by atoms with Gasteiger partial charge in [-0.3, -0.25) is 9.59 Å². The highest BCUT2D eigenvalue weighted by Crippen LogP contribution is 2.40. The van der Waals surface area contributed by atoms with Crippen LogP contribution in [-0.4, -0.2) is 43.3 Å². The maximum atomic E-state index is 13.1. The van der Waals surface area contributed by atoms with Crippen molar-refractivity contribution in [3.63, 3.8) is 0 Å². The van der Waals surface area contributed by atoms with Crippen molar-refractivity contribution in [1.29, 1.82) is 0 Å². The summed E-state index contributed by atoms with van der Waals surface area (Å²) in [5, 5.41) is 7.44. The van der Waals surface area contributed by atoms with Crippen LogP contribution in [0, 0.1) is 5.92 Å². The zero-order valence-corrected chi connectivity index (χ0v) is 25.2. The summed E-state index contributed by atoms with van der Waals surface area (Å²) in [6.07, 6.45) is 4.33. The van der Waals surface area contributed by atoms with Gasteiger partial charge in [-0.2, -0.15) is 5.10 Å². The molecule has 0 spiro atoms. The topological polar surface area (TPSA) is 115 Å². The van der Waals surface area contributed by atoms with Crippen molar-refractivity contribution in [3.05, 3.63) is 75.7 Å². The fraction of sp³-hybridized carbons (Fsp3) is 0.375. The first-order valence-electron chi connectivity index (χ1n) is 14.2. The van der Waals surface area contributed by atoms with Gasteiger partial charge in [0.05, 0.1) is 25.0 Å². The first kappa shape index (κ1) is 30.8. The van der Waals surface area contributed by atoms with Gasteiger partial charge in [-0.1, -0.05) is 13.8 Å². The molecule has 2 amide bonds. The van der Waals surface area contributed by atoms with Gasteiger partial charge >= 0.3 is 5.97 Å². The van der Waals surface area contributed by atoms with Crippen LogP contribution in [-0.2, 0) is 22.4 Å². The van der Waals surface area contributed by atoms with Crippen molar-refractivity contribution in [2.45, 2.75) is 59.5 Å². The highest BCUT2D eigenvalue weighted by molar-refractivity contribution is 7.17. The normalized spacial score (nSPS) is 15.0. The summed E-state index contributed by atoms with van der Waals surface area (Å²) in [5.74, 6) is 0.567. The number of thiophene rings is 1. The predicted octanol–water partition coefficient (Wildman–Crippen LogP) is 6.01. The number of carbonyl (C=O) groups is 3. The van der Waals surface area contributed by atoms with E-state index in [1.807, 2.05) is 31.2 Å². The zero-order valence-electron chi connectivity index (χ0n) is 24.4. The third kappa shape index (κ3) is 7.97. The van der Waals surface area contributed by atoms with Crippen LogP contribution in [0.4, 0.5) is 5.00 Å². The molecule has 2 N–H and O–H groups in total. The molecule has 2 aromatic carbocycles. The number of carbonyl (C=O) groups excluding carboxylic acids is 3. The Morgan fingerprint density at radius 2 is 1.79 bits per heavy atom. The Labute approximate surface area is 250 Å². The third-order valence-electron chi connectivity index (χ3n) is 6.76. The minimum absolute atomic E-state index is 0.264. The lowest BCUT2D eigenvalue weighted by molar-refractivity contribution is -0.127. The monoisotopic (exact) mass is 591 g/mol. The maximum Gasteiger partial charge on any atom is 0.341 e. The Balaban J connectivity index is 1.33. The Morgan fingerprint density at radius 1 is 1.07 bits per heavy atom. The third-order valence-corrected chi connectivity index (χ3v) is 7.93. The van der Waals surface area contributed by atoms with Crippen LogP contribution in [0.2, 0.25) is 0 Å². The van der Waals surface area contributed by atoms with E-state index in [4.69, 9.17) is 14.2 Å². The SMILES string of the molecule is CCCOc1ccc(/C=N/NC(=O)C(C)Oc2ccc(C(=O)Nc3sc4c(c3C(=O)OCC)CCC(C)C4)cc2)cc1. The number of ether oxygens (including phenoxy) is 3. The molecule has 9 nitrogen and oxygen atoms in total. The van der Waals surface area contributed by atoms with Crippen molar-refractivity contribution in [2.24, 2.45) is 11.0 Å². The van der Waals surface area contributed by atoms with Gasteiger partial charge in [-0.15, -0.1) is 11.3 Å². The number of hydrogen-bond donors (Lipinski definition) is 2. The molecule has 1 aromatic heterocycles. The summed E-state index contributed by atoms with van der Waals surface area (Å²) in [5.41, 5.74) is 5.14. The number of hydrogen-bond acceptors (Lipinski definition) is 8. The molecule has 0 fully saturated rings. The lowest BCUT2D eigenvalue weighted by atomic mass is 9.88. The molecule has 1 aliphatic carbocycles. The zero-order chi connectivity index (χ0) is 30.1. The quantitative estimate of drug-likeness (QED) is 0.151. The van der Waals surface area contributed by atoms with Crippen LogP contribution in [0.5, 0.6) is 11.5 Å². The minimum atomic E-state index is -0.821. The van der Waals surface area contributed by atoms with Crippen LogP contribution >= 0.6 is 11.3 Å². The van der Waals surface area contributed by atoms with Gasteiger partial charge in [0.25, 0.3) is 11.8 Å². The van der Waals surface area contributed by atoms with Gasteiger partial charge < -0.3 is 19.5 Å². The molecule has 0 aliphatic heterocycles. The number of esters is 1. The smallest absolute Gasteiger partial charge is 0.341 e. The average molecular weight is 592 g/mol. The molecule has 222 valence electrons. The lowest BCUT2D eigenvalue weighted by Gasteiger charge is -2.18. The summed E-state index contributed by atoms with van der Waals surface area (Å²) in [7, 11) is 0. The molecule has 0 saturated heterocycles. The highest BCUT2D eigenvalue weighted by Gasteiger charge is 2.29. The molecule has 0 radical (unpaired) electrons. The van der Waals surface area contributed by atoms with Gasteiger partial charge in [0.1, 0.15) is 16.5 Å². The molecule has 4 rings (SSSR count). The molecule has 0 saturated carbocycles. The van der Waals surface area contributed by atoms with E-state index in [1.54, 1.807) is 44.3 Å². The van der Waals surface area contributed by atoms with E-state index >= 15 is 0 Å². The second kappa shape index (κ2) is 14.6. The molecule has 2 atom stereocenters. The summed E-state index contributed by atoms with van der Waals surface area (Å²) in [4.78, 5) is 39.4. The Bertz CT molecular complexity index is 1420. The van der Waals surface area contributed by atoms with E-state index < -0.39 is 18.0 Å². The minimum Gasteiger partial charge on any atom is -0.494 e. The molecule has 1 aliphatic rings. The van der Waals surface area contributed by atoms with E-state index in [9.17, 15) is 14.4 Å². The van der Waals surface area contributed by atoms with Gasteiger partial charge in [0.2, 0.25) is 0 Å². The number of rotatable bonds is 12. The molecule has 2 unspecified atom stereocenters. The molecular formula is C32H37N3O6S. The van der Waals surface area contributed by atoms with Crippen LogP contribution in [0.15, 0.2) is 53.6 Å². The first-order chi connectivity index (χ1) is 20.3. The number of benzene rings is 2. The first-order valence-corrected chi connectivity index (χ1v) is 15.1. The maximum absolute atomic E-state index is 13.1. The number of nitrogens with zero attached hydrogens (tertiary/aromatic N) is 1. The summed E-state index contributed by atoms with van der Waals surface area (Å²) < 4.78 is 16.6. The fourth-order valence-electron chi connectivity index (χ4n) is 4.51. The van der Waals surface area contributed by atoms with E-state index in [0.29, 0.717) is 34.4 Å². The van der Waals surface area contributed by atoms with Gasteiger partial charge in [0, 0.05) is 10.4 Å². The number of fused-ring (bicyclic) bond motifs is 1. The van der Waals surface area contributed by atoms with Crippen LogP contribution in [0.25, 0.3) is 0 Å². The number of amides is 2.